The number of nitrogens with zero attached hydrogens (tertiary/aromatic N) is 4. The molecule has 8 heteroatoms. The lowest BCUT2D eigenvalue weighted by atomic mass is 9.79. The van der Waals surface area contributed by atoms with Crippen LogP contribution < -0.4 is 0 Å². The highest BCUT2D eigenvalue weighted by Gasteiger charge is 2.39. The molecule has 2 atom stereocenters. The Labute approximate surface area is 163 Å². The van der Waals surface area contributed by atoms with Crippen LogP contribution in [-0.2, 0) is 22.1 Å². The summed E-state index contributed by atoms with van der Waals surface area (Å²) in [6.07, 6.45) is 3.34. The second-order valence-electron chi connectivity index (χ2n) is 7.30. The molecule has 2 heterocycles. The van der Waals surface area contributed by atoms with Gasteiger partial charge in [-0.05, 0) is 37.5 Å². The van der Waals surface area contributed by atoms with E-state index in [1.54, 1.807) is 42.4 Å². The molecule has 0 spiro atoms. The van der Waals surface area contributed by atoms with Crippen molar-refractivity contribution in [2.45, 2.75) is 37.5 Å². The van der Waals surface area contributed by atoms with Crippen LogP contribution in [0.5, 0.6) is 0 Å². The molecule has 1 N–H and O–H groups in total. The maximum Gasteiger partial charge on any atom is 0.314 e. The number of amides is 1. The molecule has 0 aliphatic carbocycles. The zero-order chi connectivity index (χ0) is 19.6. The van der Waals surface area contributed by atoms with Crippen molar-refractivity contribution in [3.63, 3.8) is 0 Å². The van der Waals surface area contributed by atoms with Gasteiger partial charge in [-0.3, -0.25) is 9.59 Å². The molecule has 1 amide bonds. The van der Waals surface area contributed by atoms with Gasteiger partial charge in [0.15, 0.2) is 0 Å². The smallest absolute Gasteiger partial charge is 0.314 e. The molecule has 1 aliphatic rings. The fourth-order valence-electron chi connectivity index (χ4n) is 3.61. The van der Waals surface area contributed by atoms with Gasteiger partial charge >= 0.3 is 5.97 Å². The van der Waals surface area contributed by atoms with E-state index in [2.05, 4.69) is 10.2 Å². The minimum atomic E-state index is -1.31. The lowest BCUT2D eigenvalue weighted by Crippen LogP contribution is -2.44. The maximum absolute atomic E-state index is 13.0. The molecule has 1 aliphatic heterocycles. The zero-order valence-electron chi connectivity index (χ0n) is 15.4. The Morgan fingerprint density at radius 2 is 2.04 bits per heavy atom. The van der Waals surface area contributed by atoms with E-state index in [4.69, 9.17) is 11.6 Å². The first-order chi connectivity index (χ1) is 12.8. The van der Waals surface area contributed by atoms with Crippen molar-refractivity contribution >= 4 is 23.5 Å². The number of carboxylic acids is 1. The second-order valence-corrected chi connectivity index (χ2v) is 7.74. The third kappa shape index (κ3) is 3.98. The van der Waals surface area contributed by atoms with Crippen LogP contribution in [0.2, 0.25) is 5.02 Å². The van der Waals surface area contributed by atoms with Crippen molar-refractivity contribution in [2.75, 3.05) is 13.1 Å². The summed E-state index contributed by atoms with van der Waals surface area (Å²) in [4.78, 5) is 26.7. The number of hydrogen-bond acceptors (Lipinski definition) is 4. The van der Waals surface area contributed by atoms with Gasteiger partial charge < -0.3 is 14.6 Å². The number of aryl methyl sites for hydroxylation is 1. The third-order valence-corrected chi connectivity index (χ3v) is 5.60. The number of benzene rings is 1. The van der Waals surface area contributed by atoms with E-state index in [-0.39, 0.29) is 18.2 Å². The molecular weight excluding hydrogens is 368 g/mol. The predicted octanol–water partition coefficient (Wildman–Crippen LogP) is 2.61. The van der Waals surface area contributed by atoms with Crippen LogP contribution in [0.15, 0.2) is 30.6 Å². The molecule has 1 fully saturated rings. The fraction of sp³-hybridized carbons (Fsp3) is 0.474. The number of carbonyl (C=O) groups excluding carboxylic acids is 1. The second kappa shape index (κ2) is 7.68. The molecule has 2 unspecified atom stereocenters. The Kier molecular flexibility index (Phi) is 5.51. The summed E-state index contributed by atoms with van der Waals surface area (Å²) < 4.78 is 1.87. The summed E-state index contributed by atoms with van der Waals surface area (Å²) in [5.74, 6) is -0.227. The number of likely N-dealkylation sites (tertiary alicyclic amines) is 1. The van der Waals surface area contributed by atoms with Gasteiger partial charge in [0.25, 0.3) is 0 Å². The van der Waals surface area contributed by atoms with Crippen molar-refractivity contribution in [3.05, 3.63) is 47.0 Å². The van der Waals surface area contributed by atoms with Gasteiger partial charge in [0.1, 0.15) is 12.2 Å². The predicted molar refractivity (Wildman–Crippen MR) is 101 cm³/mol. The van der Waals surface area contributed by atoms with E-state index >= 15 is 0 Å². The van der Waals surface area contributed by atoms with Crippen LogP contribution >= 0.6 is 11.6 Å². The summed E-state index contributed by atoms with van der Waals surface area (Å²) in [6.45, 7) is 2.74. The number of aliphatic carboxylic acids is 1. The van der Waals surface area contributed by atoms with Gasteiger partial charge in [-0.2, -0.15) is 0 Å². The fourth-order valence-corrected chi connectivity index (χ4v) is 3.74. The topological polar surface area (TPSA) is 88.3 Å². The molecule has 7 nitrogen and oxygen atoms in total. The highest BCUT2D eigenvalue weighted by Crippen LogP contribution is 2.32. The SMILES string of the molecule is Cn1cnnc1C1CCCN(C(=O)CC(C)(C(=O)O)c2ccc(Cl)cc2)C1. The van der Waals surface area contributed by atoms with Gasteiger partial charge in [0.05, 0.1) is 5.41 Å². The Bertz CT molecular complexity index is 836. The standard InChI is InChI=1S/C19H23ClN4O3/c1-19(18(26)27,14-5-7-15(20)8-6-14)10-16(25)24-9-3-4-13(11-24)17-22-21-12-23(17)2/h5-8,12-13H,3-4,9-11H2,1-2H3,(H,26,27). The molecule has 2 aromatic rings. The highest BCUT2D eigenvalue weighted by molar-refractivity contribution is 6.30. The Balaban J connectivity index is 1.76. The maximum atomic E-state index is 13.0. The van der Waals surface area contributed by atoms with E-state index < -0.39 is 11.4 Å². The van der Waals surface area contributed by atoms with Crippen molar-refractivity contribution < 1.29 is 14.7 Å². The van der Waals surface area contributed by atoms with Crippen molar-refractivity contribution in [3.8, 4) is 0 Å². The first-order valence-corrected chi connectivity index (χ1v) is 9.30. The first-order valence-electron chi connectivity index (χ1n) is 8.92. The van der Waals surface area contributed by atoms with E-state index in [0.717, 1.165) is 18.7 Å². The highest BCUT2D eigenvalue weighted by atomic mass is 35.5. The van der Waals surface area contributed by atoms with Crippen LogP contribution in [-0.4, -0.2) is 49.7 Å². The lowest BCUT2D eigenvalue weighted by Gasteiger charge is -2.34. The molecule has 0 bridgehead atoms. The van der Waals surface area contributed by atoms with Crippen molar-refractivity contribution in [2.24, 2.45) is 7.05 Å². The third-order valence-electron chi connectivity index (χ3n) is 5.34. The van der Waals surface area contributed by atoms with E-state index in [1.165, 1.54) is 0 Å². The van der Waals surface area contributed by atoms with Crippen molar-refractivity contribution in [1.82, 2.24) is 19.7 Å². The molecule has 0 saturated carbocycles. The molecule has 27 heavy (non-hydrogen) atoms. The van der Waals surface area contributed by atoms with Gasteiger partial charge in [0.2, 0.25) is 5.91 Å². The number of rotatable bonds is 5. The number of hydrogen-bond donors (Lipinski definition) is 1. The summed E-state index contributed by atoms with van der Waals surface area (Å²) in [6, 6.07) is 6.63. The number of halogens is 1. The van der Waals surface area contributed by atoms with Crippen LogP contribution in [0.1, 0.15) is 43.5 Å². The summed E-state index contributed by atoms with van der Waals surface area (Å²) in [7, 11) is 1.89. The molecule has 144 valence electrons. The Morgan fingerprint density at radius 1 is 1.33 bits per heavy atom. The number of carbonyl (C=O) groups is 2. The summed E-state index contributed by atoms with van der Waals surface area (Å²) in [5.41, 5.74) is -0.742. The minimum absolute atomic E-state index is 0.102. The number of piperidine rings is 1. The molecule has 1 aromatic carbocycles. The normalized spacial score (nSPS) is 19.5. The van der Waals surface area contributed by atoms with E-state index in [1.807, 2.05) is 11.6 Å². The van der Waals surface area contributed by atoms with Crippen LogP contribution in [0.25, 0.3) is 0 Å². The van der Waals surface area contributed by atoms with E-state index in [0.29, 0.717) is 23.7 Å². The molecular formula is C19H23ClN4O3. The average molecular weight is 391 g/mol. The van der Waals surface area contributed by atoms with Gasteiger partial charge in [-0.1, -0.05) is 23.7 Å². The first kappa shape index (κ1) is 19.4. The monoisotopic (exact) mass is 390 g/mol. The zero-order valence-corrected chi connectivity index (χ0v) is 16.2. The van der Waals surface area contributed by atoms with E-state index in [9.17, 15) is 14.7 Å². The van der Waals surface area contributed by atoms with Crippen molar-refractivity contribution in [1.29, 1.82) is 0 Å². The van der Waals surface area contributed by atoms with Gasteiger partial charge in [-0.25, -0.2) is 0 Å². The van der Waals surface area contributed by atoms with Gasteiger partial charge in [-0.15, -0.1) is 10.2 Å². The number of carboxylic acid groups (broad SMARTS) is 1. The van der Waals surface area contributed by atoms with Crippen LogP contribution in [0.4, 0.5) is 0 Å². The Morgan fingerprint density at radius 3 is 2.63 bits per heavy atom. The van der Waals surface area contributed by atoms with Gasteiger partial charge in [0, 0.05) is 37.5 Å². The largest absolute Gasteiger partial charge is 0.481 e. The Hall–Kier alpha value is -2.41. The summed E-state index contributed by atoms with van der Waals surface area (Å²) in [5, 5.41) is 18.4. The lowest BCUT2D eigenvalue weighted by molar-refractivity contribution is -0.148. The molecule has 0 radical (unpaired) electrons. The average Bonchev–Trinajstić information content (AvgIpc) is 3.08. The molecule has 1 saturated heterocycles. The number of aromatic nitrogens is 3. The molecule has 3 rings (SSSR count). The minimum Gasteiger partial charge on any atom is -0.481 e. The van der Waals surface area contributed by atoms with Crippen LogP contribution in [0.3, 0.4) is 0 Å². The molecule has 1 aromatic heterocycles. The summed E-state index contributed by atoms with van der Waals surface area (Å²) >= 11 is 5.91. The quantitative estimate of drug-likeness (QED) is 0.847. The van der Waals surface area contributed by atoms with Crippen LogP contribution in [0, 0.1) is 0 Å².